The molecule has 0 aliphatic heterocycles. The van der Waals surface area contributed by atoms with Crippen LogP contribution in [-0.2, 0) is 9.53 Å². The van der Waals surface area contributed by atoms with E-state index in [1.54, 1.807) is 11.8 Å². The van der Waals surface area contributed by atoms with Crippen LogP contribution < -0.4 is 0 Å². The van der Waals surface area contributed by atoms with Crippen LogP contribution in [0.5, 0.6) is 0 Å². The molecule has 1 saturated carbocycles. The van der Waals surface area contributed by atoms with E-state index in [2.05, 4.69) is 0 Å². The molecule has 0 saturated heterocycles. The maximum Gasteiger partial charge on any atom is 0.333 e. The molecule has 0 spiro atoms. The number of hydrogen-bond acceptors (Lipinski definition) is 3. The summed E-state index contributed by atoms with van der Waals surface area (Å²) in [6.45, 7) is 0. The Morgan fingerprint density at radius 3 is 2.62 bits per heavy atom. The third-order valence-corrected chi connectivity index (χ3v) is 3.32. The number of aliphatic carboxylic acids is 1. The number of hydrogen-bond donors (Lipinski definition) is 1. The summed E-state index contributed by atoms with van der Waals surface area (Å²) in [5, 5.41) is 8.92. The Morgan fingerprint density at radius 2 is 2.31 bits per heavy atom. The molecule has 0 amide bonds. The van der Waals surface area contributed by atoms with Crippen molar-refractivity contribution in [1.29, 1.82) is 0 Å². The van der Waals surface area contributed by atoms with Crippen LogP contribution in [0, 0.1) is 5.41 Å². The van der Waals surface area contributed by atoms with Crippen LogP contribution in [0.25, 0.3) is 0 Å². The molecule has 1 fully saturated rings. The highest BCUT2D eigenvalue weighted by Gasteiger charge is 2.52. The third kappa shape index (κ3) is 2.38. The Kier molecular flexibility index (Phi) is 3.62. The van der Waals surface area contributed by atoms with E-state index < -0.39 is 12.1 Å². The van der Waals surface area contributed by atoms with Crippen molar-refractivity contribution in [2.75, 3.05) is 19.1 Å². The van der Waals surface area contributed by atoms with Crippen molar-refractivity contribution in [3.63, 3.8) is 0 Å². The second-order valence-corrected chi connectivity index (χ2v) is 4.54. The van der Waals surface area contributed by atoms with Crippen LogP contribution in [0.1, 0.15) is 19.3 Å². The fourth-order valence-electron chi connectivity index (χ4n) is 1.72. The van der Waals surface area contributed by atoms with Gasteiger partial charge in [-0.05, 0) is 31.3 Å². The summed E-state index contributed by atoms with van der Waals surface area (Å²) in [5.74, 6) is 0.203. The lowest BCUT2D eigenvalue weighted by Crippen LogP contribution is -2.33. The number of thioether (sulfide) groups is 1. The molecule has 1 N–H and O–H groups in total. The van der Waals surface area contributed by atoms with Gasteiger partial charge in [0.15, 0.2) is 6.10 Å². The standard InChI is InChI=1S/C9H16O3S/c1-12-7(8(10)11)9(3-4-9)5-6-13-2/h7H,3-6H2,1-2H3,(H,10,11). The molecule has 76 valence electrons. The van der Waals surface area contributed by atoms with Gasteiger partial charge in [0.1, 0.15) is 0 Å². The molecular weight excluding hydrogens is 188 g/mol. The summed E-state index contributed by atoms with van der Waals surface area (Å²) >= 11 is 1.76. The fraction of sp³-hybridized carbons (Fsp3) is 0.889. The van der Waals surface area contributed by atoms with E-state index in [-0.39, 0.29) is 5.41 Å². The summed E-state index contributed by atoms with van der Waals surface area (Å²) in [6, 6.07) is 0. The molecule has 0 aromatic rings. The van der Waals surface area contributed by atoms with E-state index in [1.807, 2.05) is 6.26 Å². The topological polar surface area (TPSA) is 46.5 Å². The molecule has 0 aromatic carbocycles. The number of ether oxygens (including phenoxy) is 1. The molecule has 1 aliphatic rings. The lowest BCUT2D eigenvalue weighted by atomic mass is 9.96. The first kappa shape index (κ1) is 10.9. The molecule has 0 radical (unpaired) electrons. The van der Waals surface area contributed by atoms with Crippen LogP contribution in [0.4, 0.5) is 0 Å². The van der Waals surface area contributed by atoms with Gasteiger partial charge < -0.3 is 9.84 Å². The minimum Gasteiger partial charge on any atom is -0.479 e. The Bertz CT molecular complexity index is 189. The number of carboxylic acids is 1. The number of carbonyl (C=O) groups is 1. The lowest BCUT2D eigenvalue weighted by Gasteiger charge is -2.21. The molecule has 0 heterocycles. The Labute approximate surface area is 82.8 Å². The van der Waals surface area contributed by atoms with Crippen molar-refractivity contribution < 1.29 is 14.6 Å². The third-order valence-electron chi connectivity index (χ3n) is 2.71. The van der Waals surface area contributed by atoms with Gasteiger partial charge in [-0.15, -0.1) is 0 Å². The normalized spacial score (nSPS) is 21.1. The van der Waals surface area contributed by atoms with E-state index in [0.29, 0.717) is 0 Å². The van der Waals surface area contributed by atoms with Gasteiger partial charge in [0, 0.05) is 12.5 Å². The van der Waals surface area contributed by atoms with Gasteiger partial charge >= 0.3 is 5.97 Å². The zero-order valence-corrected chi connectivity index (χ0v) is 8.89. The van der Waals surface area contributed by atoms with Crippen molar-refractivity contribution in [2.24, 2.45) is 5.41 Å². The molecule has 1 unspecified atom stereocenters. The minimum absolute atomic E-state index is 0.0520. The summed E-state index contributed by atoms with van der Waals surface area (Å²) in [7, 11) is 1.48. The molecule has 3 nitrogen and oxygen atoms in total. The summed E-state index contributed by atoms with van der Waals surface area (Å²) in [5.41, 5.74) is -0.0520. The van der Waals surface area contributed by atoms with Crippen molar-refractivity contribution >= 4 is 17.7 Å². The summed E-state index contributed by atoms with van der Waals surface area (Å²) < 4.78 is 5.03. The van der Waals surface area contributed by atoms with Crippen molar-refractivity contribution in [1.82, 2.24) is 0 Å². The molecule has 13 heavy (non-hydrogen) atoms. The predicted octanol–water partition coefficient (Wildman–Crippen LogP) is 1.62. The quantitative estimate of drug-likeness (QED) is 0.714. The zero-order valence-electron chi connectivity index (χ0n) is 8.08. The van der Waals surface area contributed by atoms with Gasteiger partial charge in [0.2, 0.25) is 0 Å². The van der Waals surface area contributed by atoms with E-state index in [9.17, 15) is 4.79 Å². The second kappa shape index (κ2) is 4.33. The first-order valence-electron chi connectivity index (χ1n) is 4.41. The monoisotopic (exact) mass is 204 g/mol. The number of carboxylic acid groups (broad SMARTS) is 1. The van der Waals surface area contributed by atoms with Crippen molar-refractivity contribution in [3.8, 4) is 0 Å². The van der Waals surface area contributed by atoms with Crippen LogP contribution in [0.2, 0.25) is 0 Å². The molecular formula is C9H16O3S. The average molecular weight is 204 g/mol. The number of methoxy groups -OCH3 is 1. The molecule has 0 bridgehead atoms. The summed E-state index contributed by atoms with van der Waals surface area (Å²) in [4.78, 5) is 10.8. The van der Waals surface area contributed by atoms with Crippen LogP contribution >= 0.6 is 11.8 Å². The molecule has 0 aromatic heterocycles. The Morgan fingerprint density at radius 1 is 1.69 bits per heavy atom. The molecule has 4 heteroatoms. The van der Waals surface area contributed by atoms with Gasteiger partial charge in [-0.3, -0.25) is 0 Å². The first-order valence-corrected chi connectivity index (χ1v) is 5.80. The maximum absolute atomic E-state index is 10.8. The Balaban J connectivity index is 2.51. The van der Waals surface area contributed by atoms with Gasteiger partial charge in [-0.2, -0.15) is 11.8 Å². The largest absolute Gasteiger partial charge is 0.479 e. The van der Waals surface area contributed by atoms with Gasteiger partial charge in [0.05, 0.1) is 0 Å². The minimum atomic E-state index is -0.818. The molecule has 1 atom stereocenters. The van der Waals surface area contributed by atoms with E-state index in [1.165, 1.54) is 7.11 Å². The predicted molar refractivity (Wildman–Crippen MR) is 53.1 cm³/mol. The van der Waals surface area contributed by atoms with E-state index >= 15 is 0 Å². The molecule has 1 aliphatic carbocycles. The van der Waals surface area contributed by atoms with Crippen LogP contribution in [0.3, 0.4) is 0 Å². The van der Waals surface area contributed by atoms with Gasteiger partial charge in [0.25, 0.3) is 0 Å². The smallest absolute Gasteiger partial charge is 0.333 e. The highest BCUT2D eigenvalue weighted by molar-refractivity contribution is 7.98. The van der Waals surface area contributed by atoms with E-state index in [0.717, 1.165) is 25.0 Å². The van der Waals surface area contributed by atoms with Crippen molar-refractivity contribution in [3.05, 3.63) is 0 Å². The zero-order chi connectivity index (χ0) is 9.90. The first-order chi connectivity index (χ1) is 6.16. The molecule has 1 rings (SSSR count). The fourth-order valence-corrected chi connectivity index (χ4v) is 2.33. The van der Waals surface area contributed by atoms with Crippen LogP contribution in [-0.4, -0.2) is 36.3 Å². The lowest BCUT2D eigenvalue weighted by molar-refractivity contribution is -0.153. The second-order valence-electron chi connectivity index (χ2n) is 3.56. The highest BCUT2D eigenvalue weighted by Crippen LogP contribution is 2.53. The summed E-state index contributed by atoms with van der Waals surface area (Å²) in [6.07, 6.45) is 4.40. The maximum atomic E-state index is 10.8. The Hall–Kier alpha value is -0.220. The van der Waals surface area contributed by atoms with Crippen molar-refractivity contribution in [2.45, 2.75) is 25.4 Å². The average Bonchev–Trinajstić information content (AvgIpc) is 2.83. The van der Waals surface area contributed by atoms with E-state index in [4.69, 9.17) is 9.84 Å². The SMILES string of the molecule is COC(C(=O)O)C1(CCSC)CC1. The van der Waals surface area contributed by atoms with Crippen LogP contribution in [0.15, 0.2) is 0 Å². The van der Waals surface area contributed by atoms with Gasteiger partial charge in [-0.1, -0.05) is 0 Å². The van der Waals surface area contributed by atoms with Gasteiger partial charge in [-0.25, -0.2) is 4.79 Å². The number of rotatable bonds is 6. The highest BCUT2D eigenvalue weighted by atomic mass is 32.2.